The lowest BCUT2D eigenvalue weighted by Crippen LogP contribution is -2.50. The first-order valence-electron chi connectivity index (χ1n) is 13.5. The Kier molecular flexibility index (Phi) is 14.0. The van der Waals surface area contributed by atoms with E-state index >= 15 is 0 Å². The average Bonchev–Trinajstić information content (AvgIpc) is 3.23. The van der Waals surface area contributed by atoms with Crippen LogP contribution < -0.4 is 15.0 Å². The molecule has 2 aromatic rings. The first-order chi connectivity index (χ1) is 18.6. The molecule has 0 spiro atoms. The molecule has 2 rings (SSSR count). The monoisotopic (exact) mass is 559 g/mol. The Bertz CT molecular complexity index is 966. The van der Waals surface area contributed by atoms with E-state index in [0.29, 0.717) is 12.3 Å². The second-order valence-electron chi connectivity index (χ2n) is 9.64. The van der Waals surface area contributed by atoms with E-state index in [2.05, 4.69) is 16.1 Å². The highest BCUT2D eigenvalue weighted by atomic mass is 16.5. The molecule has 0 saturated heterocycles. The number of nitrogens with two attached hydrogens (primary N) is 1. The van der Waals surface area contributed by atoms with Crippen molar-refractivity contribution in [2.75, 3.05) is 39.5 Å². The van der Waals surface area contributed by atoms with Gasteiger partial charge in [-0.25, -0.2) is 9.13 Å². The first kappa shape index (κ1) is 33.3. The molecule has 13 nitrogen and oxygen atoms in total. The number of fused-ring (bicyclic) bond motifs is 1. The maximum absolute atomic E-state index is 10.5. The van der Waals surface area contributed by atoms with Crippen LogP contribution in [0.15, 0.2) is 18.2 Å². The van der Waals surface area contributed by atoms with Gasteiger partial charge in [-0.3, -0.25) is 4.90 Å². The normalized spacial score (nSPS) is 16.8. The lowest BCUT2D eigenvalue weighted by atomic mass is 10.0. The fourth-order valence-corrected chi connectivity index (χ4v) is 4.80. The fraction of sp³-hybridized carbons (Fsp3) is 0.731. The van der Waals surface area contributed by atoms with E-state index in [1.807, 2.05) is 25.1 Å². The molecular weight excluding hydrogens is 512 g/mol. The van der Waals surface area contributed by atoms with Crippen LogP contribution in [0.3, 0.4) is 0 Å². The molecule has 0 unspecified atom stereocenters. The second-order valence-corrected chi connectivity index (χ2v) is 9.64. The largest absolute Gasteiger partial charge is 0.492 e. The minimum Gasteiger partial charge on any atom is -0.492 e. The number of aromatic nitrogens is 2. The molecule has 0 saturated carbocycles. The van der Waals surface area contributed by atoms with Gasteiger partial charge in [0.1, 0.15) is 24.6 Å². The van der Waals surface area contributed by atoms with Crippen LogP contribution >= 0.6 is 0 Å². The molecule has 0 aliphatic rings. The number of imidazole rings is 1. The molecule has 39 heavy (non-hydrogen) atoms. The smallest absolute Gasteiger partial charge is 0.271 e. The van der Waals surface area contributed by atoms with Gasteiger partial charge in [0.25, 0.3) is 5.82 Å². The van der Waals surface area contributed by atoms with E-state index in [4.69, 9.17) is 20.7 Å². The lowest BCUT2D eigenvalue weighted by molar-refractivity contribution is -0.676. The van der Waals surface area contributed by atoms with Gasteiger partial charge in [-0.1, -0.05) is 0 Å². The van der Waals surface area contributed by atoms with Crippen molar-refractivity contribution in [3.63, 3.8) is 0 Å². The molecule has 0 fully saturated rings. The molecule has 0 aliphatic carbocycles. The van der Waals surface area contributed by atoms with Crippen molar-refractivity contribution in [3.05, 3.63) is 24.0 Å². The van der Waals surface area contributed by atoms with Crippen molar-refractivity contribution in [2.24, 2.45) is 5.73 Å². The third kappa shape index (κ3) is 8.79. The summed E-state index contributed by atoms with van der Waals surface area (Å²) in [5.74, 6) is 1.60. The summed E-state index contributed by atoms with van der Waals surface area (Å²) in [5.41, 5.74) is 8.01. The molecule has 6 atom stereocenters. The summed E-state index contributed by atoms with van der Waals surface area (Å²) in [7, 11) is 0. The van der Waals surface area contributed by atoms with E-state index in [0.717, 1.165) is 29.9 Å². The van der Waals surface area contributed by atoms with Gasteiger partial charge in [-0.15, -0.1) is 0 Å². The number of benzene rings is 1. The SMILES string of the molecule is CCn1c(CN)[n+](CC)c2ccc(OCCN(C[C@H](O)[C@@H](O)[C@H](O)CCO)C[C@H](O)[C@@H](O)[C@H](O)CCO)cc21. The average molecular weight is 560 g/mol. The minimum atomic E-state index is -1.55. The molecule has 13 heteroatoms. The Hall–Kier alpha value is -1.91. The highest BCUT2D eigenvalue weighted by Gasteiger charge is 2.30. The topological polar surface area (TPSA) is 209 Å². The third-order valence-electron chi connectivity index (χ3n) is 6.96. The summed E-state index contributed by atoms with van der Waals surface area (Å²) in [5, 5.41) is 79.3. The van der Waals surface area contributed by atoms with E-state index in [9.17, 15) is 30.6 Å². The van der Waals surface area contributed by atoms with Gasteiger partial charge < -0.3 is 51.3 Å². The number of ether oxygens (including phenoxy) is 1. The zero-order valence-corrected chi connectivity index (χ0v) is 22.9. The molecule has 0 amide bonds. The Morgan fingerprint density at radius 1 is 0.897 bits per heavy atom. The number of aryl methyl sites for hydroxylation is 2. The summed E-state index contributed by atoms with van der Waals surface area (Å²) in [6, 6.07) is 5.72. The maximum Gasteiger partial charge on any atom is 0.271 e. The van der Waals surface area contributed by atoms with Crippen molar-refractivity contribution in [3.8, 4) is 5.75 Å². The van der Waals surface area contributed by atoms with Gasteiger partial charge in [0.2, 0.25) is 0 Å². The highest BCUT2D eigenvalue weighted by Crippen LogP contribution is 2.21. The number of hydrogen-bond acceptors (Lipinski definition) is 11. The van der Waals surface area contributed by atoms with Crippen LogP contribution in [0.25, 0.3) is 11.0 Å². The van der Waals surface area contributed by atoms with E-state index in [1.54, 1.807) is 0 Å². The fourth-order valence-electron chi connectivity index (χ4n) is 4.80. The van der Waals surface area contributed by atoms with Crippen LogP contribution in [-0.4, -0.2) is 126 Å². The van der Waals surface area contributed by atoms with Crippen molar-refractivity contribution >= 4 is 11.0 Å². The van der Waals surface area contributed by atoms with Crippen LogP contribution in [0.4, 0.5) is 0 Å². The number of nitrogens with zero attached hydrogens (tertiary/aromatic N) is 3. The molecule has 0 aliphatic heterocycles. The quantitative estimate of drug-likeness (QED) is 0.0794. The van der Waals surface area contributed by atoms with E-state index < -0.39 is 36.6 Å². The van der Waals surface area contributed by atoms with Crippen molar-refractivity contribution in [1.29, 1.82) is 0 Å². The van der Waals surface area contributed by atoms with Crippen LogP contribution in [0.5, 0.6) is 5.75 Å². The van der Waals surface area contributed by atoms with Crippen LogP contribution in [0.2, 0.25) is 0 Å². The van der Waals surface area contributed by atoms with Gasteiger partial charge in [-0.05, 0) is 38.8 Å². The van der Waals surface area contributed by atoms with Gasteiger partial charge in [-0.2, -0.15) is 0 Å². The molecule has 10 N–H and O–H groups in total. The maximum atomic E-state index is 10.5. The minimum absolute atomic E-state index is 0.123. The Balaban J connectivity index is 2.15. The molecule has 0 radical (unpaired) electrons. The lowest BCUT2D eigenvalue weighted by Gasteiger charge is -2.32. The number of rotatable bonds is 19. The standard InChI is InChI=1S/C26H47N4O9/c1-3-29-18-6-5-17(13-19(18)30(4-2)24(29)14-27)39-12-9-28(15-22(35)25(37)20(33)7-10-31)16-23(36)26(38)21(34)8-11-32/h5-6,13,20-23,25-26,31-38H,3-4,7-12,14-16,27H2,1-2H3/q+1/t20-,21-,22+,23+,25+,26+/m1/s1. The summed E-state index contributed by atoms with van der Waals surface area (Å²) < 4.78 is 10.2. The van der Waals surface area contributed by atoms with E-state index in [1.165, 1.54) is 4.90 Å². The summed E-state index contributed by atoms with van der Waals surface area (Å²) >= 11 is 0. The summed E-state index contributed by atoms with van der Waals surface area (Å²) in [6.45, 7) is 5.16. The number of aliphatic hydroxyl groups is 8. The zero-order chi connectivity index (χ0) is 29.1. The van der Waals surface area contributed by atoms with Crippen LogP contribution in [-0.2, 0) is 19.6 Å². The Labute approximate surface area is 228 Å². The zero-order valence-electron chi connectivity index (χ0n) is 22.9. The number of hydrogen-bond donors (Lipinski definition) is 9. The first-order valence-corrected chi connectivity index (χ1v) is 13.5. The Morgan fingerprint density at radius 2 is 1.46 bits per heavy atom. The molecule has 224 valence electrons. The van der Waals surface area contributed by atoms with Gasteiger partial charge in [0.05, 0.1) is 44.1 Å². The van der Waals surface area contributed by atoms with Gasteiger partial charge in [0.15, 0.2) is 11.0 Å². The molecule has 1 heterocycles. The molecule has 1 aromatic heterocycles. The third-order valence-corrected chi connectivity index (χ3v) is 6.96. The predicted octanol–water partition coefficient (Wildman–Crippen LogP) is -2.96. The molecular formula is C26H47N4O9+. The van der Waals surface area contributed by atoms with Gasteiger partial charge >= 0.3 is 0 Å². The summed E-state index contributed by atoms with van der Waals surface area (Å²) in [6.07, 6.45) is -8.90. The second kappa shape index (κ2) is 16.4. The van der Waals surface area contributed by atoms with Crippen molar-refractivity contribution in [2.45, 2.75) is 82.9 Å². The predicted molar refractivity (Wildman–Crippen MR) is 143 cm³/mol. The van der Waals surface area contributed by atoms with Crippen molar-refractivity contribution < 1.29 is 50.2 Å². The van der Waals surface area contributed by atoms with Crippen LogP contribution in [0, 0.1) is 0 Å². The molecule has 1 aromatic carbocycles. The summed E-state index contributed by atoms with van der Waals surface area (Å²) in [4.78, 5) is 1.53. The van der Waals surface area contributed by atoms with Crippen molar-refractivity contribution in [1.82, 2.24) is 9.47 Å². The van der Waals surface area contributed by atoms with Gasteiger partial charge in [0, 0.05) is 38.9 Å². The Morgan fingerprint density at radius 3 is 1.92 bits per heavy atom. The molecule has 0 bridgehead atoms. The highest BCUT2D eigenvalue weighted by molar-refractivity contribution is 5.74. The van der Waals surface area contributed by atoms with E-state index in [-0.39, 0.29) is 52.3 Å². The van der Waals surface area contributed by atoms with Crippen LogP contribution in [0.1, 0.15) is 32.5 Å². The number of aliphatic hydroxyl groups excluding tert-OH is 8.